The molecular weight excluding hydrogens is 261 g/mol. The Balaban J connectivity index is 2.24. The number of halogens is 1. The third kappa shape index (κ3) is 2.02. The van der Waals surface area contributed by atoms with Crippen LogP contribution in [0.4, 0.5) is 10.2 Å². The minimum atomic E-state index is -0.285. The molecule has 5 heteroatoms. The summed E-state index contributed by atoms with van der Waals surface area (Å²) in [5.74, 6) is 0.102. The molecule has 3 N–H and O–H groups in total. The molecule has 0 saturated carbocycles. The van der Waals surface area contributed by atoms with E-state index < -0.39 is 0 Å². The van der Waals surface area contributed by atoms with Crippen LogP contribution in [0.5, 0.6) is 0 Å². The van der Waals surface area contributed by atoms with Gasteiger partial charge in [0.25, 0.3) is 0 Å². The summed E-state index contributed by atoms with van der Waals surface area (Å²) in [6.45, 7) is 1.92. The van der Waals surface area contributed by atoms with Crippen molar-refractivity contribution < 1.29 is 4.39 Å². The molecule has 0 bridgehead atoms. The fourth-order valence-electron chi connectivity index (χ4n) is 2.05. The second-order valence-electron chi connectivity index (χ2n) is 4.32. The first-order valence-electron chi connectivity index (χ1n) is 5.81. The molecule has 0 atom stereocenters. The molecule has 0 fully saturated rings. The van der Waals surface area contributed by atoms with Crippen molar-refractivity contribution >= 4 is 17.2 Å². The largest absolute Gasteiger partial charge is 0.382 e. The van der Waals surface area contributed by atoms with Crippen LogP contribution in [0.3, 0.4) is 0 Å². The van der Waals surface area contributed by atoms with Crippen LogP contribution in [0.2, 0.25) is 0 Å². The predicted molar refractivity (Wildman–Crippen MR) is 76.4 cm³/mol. The van der Waals surface area contributed by atoms with Gasteiger partial charge in [-0.25, -0.2) is 4.39 Å². The number of aromatic nitrogens is 2. The number of anilines is 1. The molecule has 19 heavy (non-hydrogen) atoms. The third-order valence-electron chi connectivity index (χ3n) is 2.95. The summed E-state index contributed by atoms with van der Waals surface area (Å²) in [5.41, 5.74) is 8.77. The van der Waals surface area contributed by atoms with E-state index in [1.807, 2.05) is 24.4 Å². The van der Waals surface area contributed by atoms with E-state index >= 15 is 0 Å². The number of H-pyrrole nitrogens is 1. The van der Waals surface area contributed by atoms with E-state index in [1.165, 1.54) is 6.07 Å². The molecule has 2 heterocycles. The summed E-state index contributed by atoms with van der Waals surface area (Å²) in [4.78, 5) is 0.974. The van der Waals surface area contributed by atoms with Crippen LogP contribution in [0.1, 0.15) is 5.56 Å². The lowest BCUT2D eigenvalue weighted by Gasteiger charge is -2.05. The van der Waals surface area contributed by atoms with Gasteiger partial charge in [0.2, 0.25) is 0 Å². The molecule has 3 aromatic rings. The lowest BCUT2D eigenvalue weighted by atomic mass is 10.0. The summed E-state index contributed by atoms with van der Waals surface area (Å²) < 4.78 is 14.0. The van der Waals surface area contributed by atoms with Crippen LogP contribution >= 0.6 is 11.3 Å². The SMILES string of the molecule is Cc1ccc(F)c(-c2[nH]nc(N)c2-c2cccs2)c1. The average Bonchev–Trinajstić information content (AvgIpc) is 3.01. The Morgan fingerprint density at radius 2 is 2.16 bits per heavy atom. The number of aromatic amines is 1. The van der Waals surface area contributed by atoms with Crippen molar-refractivity contribution in [2.24, 2.45) is 0 Å². The zero-order chi connectivity index (χ0) is 13.4. The highest BCUT2D eigenvalue weighted by Gasteiger charge is 2.18. The molecule has 0 aliphatic carbocycles. The monoisotopic (exact) mass is 273 g/mol. The summed E-state index contributed by atoms with van der Waals surface area (Å²) in [7, 11) is 0. The molecule has 2 aromatic heterocycles. The molecule has 3 rings (SSSR count). The molecule has 1 aromatic carbocycles. The molecule has 0 saturated heterocycles. The number of nitrogens with two attached hydrogens (primary N) is 1. The number of nitrogens with one attached hydrogen (secondary N) is 1. The minimum Gasteiger partial charge on any atom is -0.382 e. The van der Waals surface area contributed by atoms with Crippen LogP contribution in [0, 0.1) is 12.7 Å². The zero-order valence-corrected chi connectivity index (χ0v) is 11.1. The number of benzene rings is 1. The number of nitrogens with zero attached hydrogens (tertiary/aromatic N) is 1. The first-order chi connectivity index (χ1) is 9.16. The van der Waals surface area contributed by atoms with Gasteiger partial charge in [0.05, 0.1) is 11.3 Å². The number of thiophene rings is 1. The van der Waals surface area contributed by atoms with E-state index in [0.29, 0.717) is 17.1 Å². The Morgan fingerprint density at radius 3 is 2.89 bits per heavy atom. The van der Waals surface area contributed by atoms with Crippen LogP contribution in [0.25, 0.3) is 21.7 Å². The maximum atomic E-state index is 14.0. The van der Waals surface area contributed by atoms with Crippen molar-refractivity contribution in [3.63, 3.8) is 0 Å². The van der Waals surface area contributed by atoms with E-state index in [0.717, 1.165) is 16.0 Å². The fraction of sp³-hybridized carbons (Fsp3) is 0.0714. The van der Waals surface area contributed by atoms with E-state index in [-0.39, 0.29) is 5.82 Å². The topological polar surface area (TPSA) is 54.7 Å². The van der Waals surface area contributed by atoms with Crippen molar-refractivity contribution in [2.45, 2.75) is 6.92 Å². The molecule has 0 unspecified atom stereocenters. The Kier molecular flexibility index (Phi) is 2.83. The normalized spacial score (nSPS) is 10.8. The van der Waals surface area contributed by atoms with Crippen molar-refractivity contribution in [1.29, 1.82) is 0 Å². The minimum absolute atomic E-state index is 0.285. The average molecular weight is 273 g/mol. The highest BCUT2D eigenvalue weighted by molar-refractivity contribution is 7.13. The maximum absolute atomic E-state index is 14.0. The number of nitrogen functional groups attached to an aromatic ring is 1. The summed E-state index contributed by atoms with van der Waals surface area (Å²) >= 11 is 1.55. The van der Waals surface area contributed by atoms with E-state index in [9.17, 15) is 4.39 Å². The Bertz CT molecular complexity index is 716. The van der Waals surface area contributed by atoms with E-state index in [1.54, 1.807) is 23.5 Å². The van der Waals surface area contributed by atoms with Crippen molar-refractivity contribution in [1.82, 2.24) is 10.2 Å². The van der Waals surface area contributed by atoms with Crippen molar-refractivity contribution in [3.8, 4) is 21.7 Å². The lowest BCUT2D eigenvalue weighted by molar-refractivity contribution is 0.630. The van der Waals surface area contributed by atoms with Crippen LogP contribution in [-0.4, -0.2) is 10.2 Å². The van der Waals surface area contributed by atoms with Gasteiger partial charge in [0, 0.05) is 10.4 Å². The second kappa shape index (κ2) is 4.51. The highest BCUT2D eigenvalue weighted by Crippen LogP contribution is 2.38. The number of hydrogen-bond acceptors (Lipinski definition) is 3. The first kappa shape index (κ1) is 11.9. The highest BCUT2D eigenvalue weighted by atomic mass is 32.1. The number of rotatable bonds is 2. The second-order valence-corrected chi connectivity index (χ2v) is 5.27. The van der Waals surface area contributed by atoms with Crippen LogP contribution in [0.15, 0.2) is 35.7 Å². The first-order valence-corrected chi connectivity index (χ1v) is 6.69. The standard InChI is InChI=1S/C14H12FN3S/c1-8-4-5-10(15)9(7-8)13-12(14(16)18-17-13)11-3-2-6-19-11/h2-7H,1H3,(H3,16,17,18). The maximum Gasteiger partial charge on any atom is 0.154 e. The van der Waals surface area contributed by atoms with Crippen LogP contribution < -0.4 is 5.73 Å². The third-order valence-corrected chi connectivity index (χ3v) is 3.84. The van der Waals surface area contributed by atoms with Gasteiger partial charge in [-0.3, -0.25) is 5.10 Å². The Labute approximate surface area is 113 Å². The molecule has 0 radical (unpaired) electrons. The van der Waals surface area contributed by atoms with E-state index in [2.05, 4.69) is 10.2 Å². The fourth-order valence-corrected chi connectivity index (χ4v) is 2.84. The molecule has 0 spiro atoms. The molecule has 0 aliphatic rings. The summed E-state index contributed by atoms with van der Waals surface area (Å²) in [5, 5.41) is 8.81. The smallest absolute Gasteiger partial charge is 0.154 e. The van der Waals surface area contributed by atoms with Crippen molar-refractivity contribution in [3.05, 3.63) is 47.1 Å². The molecule has 0 aliphatic heterocycles. The molecule has 0 amide bonds. The van der Waals surface area contributed by atoms with Gasteiger partial charge >= 0.3 is 0 Å². The Morgan fingerprint density at radius 1 is 1.32 bits per heavy atom. The zero-order valence-electron chi connectivity index (χ0n) is 10.3. The van der Waals surface area contributed by atoms with Crippen molar-refractivity contribution in [2.75, 3.05) is 5.73 Å². The van der Waals surface area contributed by atoms with Gasteiger partial charge in [-0.1, -0.05) is 17.7 Å². The van der Waals surface area contributed by atoms with Gasteiger partial charge in [-0.15, -0.1) is 11.3 Å². The lowest BCUT2D eigenvalue weighted by Crippen LogP contribution is -1.89. The number of hydrogen-bond donors (Lipinski definition) is 2. The van der Waals surface area contributed by atoms with Gasteiger partial charge in [0.15, 0.2) is 5.82 Å². The quantitative estimate of drug-likeness (QED) is 0.745. The Hall–Kier alpha value is -2.14. The number of aryl methyl sites for hydroxylation is 1. The van der Waals surface area contributed by atoms with Gasteiger partial charge < -0.3 is 5.73 Å². The van der Waals surface area contributed by atoms with Crippen LogP contribution in [-0.2, 0) is 0 Å². The van der Waals surface area contributed by atoms with E-state index in [4.69, 9.17) is 5.73 Å². The van der Waals surface area contributed by atoms with Gasteiger partial charge in [-0.2, -0.15) is 5.10 Å². The molecule has 96 valence electrons. The predicted octanol–water partition coefficient (Wildman–Crippen LogP) is 3.83. The molecule has 3 nitrogen and oxygen atoms in total. The summed E-state index contributed by atoms with van der Waals surface area (Å²) in [6.07, 6.45) is 0. The van der Waals surface area contributed by atoms with Gasteiger partial charge in [-0.05, 0) is 30.5 Å². The summed E-state index contributed by atoms with van der Waals surface area (Å²) in [6, 6.07) is 8.87. The molecular formula is C14H12FN3S. The van der Waals surface area contributed by atoms with Gasteiger partial charge in [0.1, 0.15) is 5.82 Å².